The maximum absolute atomic E-state index is 12.4. The van der Waals surface area contributed by atoms with Crippen LogP contribution in [0.25, 0.3) is 0 Å². The maximum atomic E-state index is 12.4. The number of carbonyl (C=O) groups excluding carboxylic acids is 1. The van der Waals surface area contributed by atoms with E-state index in [4.69, 9.17) is 14.2 Å². The van der Waals surface area contributed by atoms with Crippen LogP contribution < -0.4 is 14.8 Å². The van der Waals surface area contributed by atoms with Gasteiger partial charge in [-0.1, -0.05) is 6.07 Å². The lowest BCUT2D eigenvalue weighted by Gasteiger charge is -2.21. The molecule has 1 fully saturated rings. The highest BCUT2D eigenvalue weighted by Gasteiger charge is 2.25. The Hall–Kier alpha value is -1.75. The fraction of sp³-hybridized carbons (Fsp3) is 0.533. The Morgan fingerprint density at radius 2 is 2.20 bits per heavy atom. The minimum Gasteiger partial charge on any atom is -0.493 e. The Labute approximate surface area is 119 Å². The van der Waals surface area contributed by atoms with Gasteiger partial charge in [-0.15, -0.1) is 0 Å². The molecular formula is C15H21NO4. The van der Waals surface area contributed by atoms with Gasteiger partial charge in [0.15, 0.2) is 11.5 Å². The summed E-state index contributed by atoms with van der Waals surface area (Å²) < 4.78 is 16.1. The third-order valence-corrected chi connectivity index (χ3v) is 3.53. The number of para-hydroxylation sites is 1. The highest BCUT2D eigenvalue weighted by Crippen LogP contribution is 2.30. The molecule has 2 atom stereocenters. The summed E-state index contributed by atoms with van der Waals surface area (Å²) in [6.45, 7) is 2.73. The van der Waals surface area contributed by atoms with Gasteiger partial charge >= 0.3 is 0 Å². The van der Waals surface area contributed by atoms with E-state index >= 15 is 0 Å². The summed E-state index contributed by atoms with van der Waals surface area (Å²) >= 11 is 0. The number of carbonyl (C=O) groups is 1. The number of ether oxygens (including phenoxy) is 3. The van der Waals surface area contributed by atoms with E-state index in [2.05, 4.69) is 5.32 Å². The summed E-state index contributed by atoms with van der Waals surface area (Å²) in [7, 11) is 3.08. The second-order valence-electron chi connectivity index (χ2n) is 4.85. The van der Waals surface area contributed by atoms with Gasteiger partial charge in [0.25, 0.3) is 5.91 Å². The van der Waals surface area contributed by atoms with Crippen LogP contribution in [0.4, 0.5) is 0 Å². The SMILES string of the molecule is COc1cccc(C(=O)N[C@@H](C)[C@H]2CCCO2)c1OC. The topological polar surface area (TPSA) is 56.8 Å². The molecule has 0 aromatic heterocycles. The Bertz CT molecular complexity index is 469. The molecular weight excluding hydrogens is 258 g/mol. The van der Waals surface area contributed by atoms with Gasteiger partial charge in [0.05, 0.1) is 31.9 Å². The van der Waals surface area contributed by atoms with Crippen molar-refractivity contribution in [3.8, 4) is 11.5 Å². The van der Waals surface area contributed by atoms with Crippen LogP contribution in [0.2, 0.25) is 0 Å². The summed E-state index contributed by atoms with van der Waals surface area (Å²) in [5.74, 6) is 0.820. The lowest BCUT2D eigenvalue weighted by atomic mass is 10.1. The molecule has 1 aliphatic rings. The van der Waals surface area contributed by atoms with E-state index in [-0.39, 0.29) is 18.1 Å². The number of benzene rings is 1. The monoisotopic (exact) mass is 279 g/mol. The van der Waals surface area contributed by atoms with Gasteiger partial charge < -0.3 is 19.5 Å². The van der Waals surface area contributed by atoms with Crippen LogP contribution in [0, 0.1) is 0 Å². The van der Waals surface area contributed by atoms with Crippen molar-refractivity contribution in [2.75, 3.05) is 20.8 Å². The highest BCUT2D eigenvalue weighted by atomic mass is 16.5. The van der Waals surface area contributed by atoms with Gasteiger partial charge in [0, 0.05) is 6.61 Å². The number of nitrogens with one attached hydrogen (secondary N) is 1. The molecule has 5 heteroatoms. The van der Waals surface area contributed by atoms with Crippen LogP contribution in [0.15, 0.2) is 18.2 Å². The average Bonchev–Trinajstić information content (AvgIpc) is 3.00. The Kier molecular flexibility index (Phi) is 4.84. The van der Waals surface area contributed by atoms with Crippen LogP contribution in [-0.2, 0) is 4.74 Å². The van der Waals surface area contributed by atoms with Crippen molar-refractivity contribution < 1.29 is 19.0 Å². The first kappa shape index (κ1) is 14.7. The first-order valence-corrected chi connectivity index (χ1v) is 6.80. The second-order valence-corrected chi connectivity index (χ2v) is 4.85. The molecule has 110 valence electrons. The quantitative estimate of drug-likeness (QED) is 0.895. The first-order valence-electron chi connectivity index (χ1n) is 6.80. The number of amides is 1. The molecule has 0 unspecified atom stereocenters. The molecule has 1 heterocycles. The number of methoxy groups -OCH3 is 2. The van der Waals surface area contributed by atoms with Crippen LogP contribution in [0.3, 0.4) is 0 Å². The van der Waals surface area contributed by atoms with E-state index in [1.54, 1.807) is 25.3 Å². The fourth-order valence-corrected chi connectivity index (χ4v) is 2.44. The maximum Gasteiger partial charge on any atom is 0.255 e. The van der Waals surface area contributed by atoms with Gasteiger partial charge in [-0.2, -0.15) is 0 Å². The highest BCUT2D eigenvalue weighted by molar-refractivity contribution is 5.98. The van der Waals surface area contributed by atoms with E-state index in [1.807, 2.05) is 6.92 Å². The smallest absolute Gasteiger partial charge is 0.255 e. The van der Waals surface area contributed by atoms with E-state index in [0.717, 1.165) is 19.4 Å². The standard InChI is InChI=1S/C15H21NO4/c1-10(12-8-5-9-20-12)16-15(17)11-6-4-7-13(18-2)14(11)19-3/h4,6-7,10,12H,5,8-9H2,1-3H3,(H,16,17)/t10-,12+/m0/s1. The Balaban J connectivity index is 2.12. The van der Waals surface area contributed by atoms with Crippen LogP contribution in [0.1, 0.15) is 30.1 Å². The zero-order valence-electron chi connectivity index (χ0n) is 12.1. The lowest BCUT2D eigenvalue weighted by Crippen LogP contribution is -2.40. The van der Waals surface area contributed by atoms with E-state index in [0.29, 0.717) is 17.1 Å². The molecule has 0 saturated carbocycles. The van der Waals surface area contributed by atoms with E-state index in [9.17, 15) is 4.79 Å². The number of hydrogen-bond donors (Lipinski definition) is 1. The van der Waals surface area contributed by atoms with Crippen molar-refractivity contribution in [1.29, 1.82) is 0 Å². The van der Waals surface area contributed by atoms with E-state index < -0.39 is 0 Å². The lowest BCUT2D eigenvalue weighted by molar-refractivity contribution is 0.0710. The van der Waals surface area contributed by atoms with Crippen molar-refractivity contribution in [2.45, 2.75) is 31.9 Å². The van der Waals surface area contributed by atoms with E-state index in [1.165, 1.54) is 7.11 Å². The largest absolute Gasteiger partial charge is 0.493 e. The van der Waals surface area contributed by atoms with Crippen molar-refractivity contribution in [3.63, 3.8) is 0 Å². The molecule has 0 bridgehead atoms. The number of rotatable bonds is 5. The van der Waals surface area contributed by atoms with Crippen molar-refractivity contribution in [2.24, 2.45) is 0 Å². The molecule has 0 radical (unpaired) electrons. The van der Waals surface area contributed by atoms with Crippen molar-refractivity contribution in [1.82, 2.24) is 5.32 Å². The molecule has 1 aromatic rings. The molecule has 1 saturated heterocycles. The first-order chi connectivity index (χ1) is 9.67. The second kappa shape index (κ2) is 6.61. The molecule has 1 aliphatic heterocycles. The molecule has 1 amide bonds. The fourth-order valence-electron chi connectivity index (χ4n) is 2.44. The predicted octanol–water partition coefficient (Wildman–Crippen LogP) is 2.00. The summed E-state index contributed by atoms with van der Waals surface area (Å²) in [4.78, 5) is 12.4. The normalized spacial score (nSPS) is 19.4. The molecule has 0 spiro atoms. The van der Waals surface area contributed by atoms with Crippen molar-refractivity contribution >= 4 is 5.91 Å². The molecule has 5 nitrogen and oxygen atoms in total. The summed E-state index contributed by atoms with van der Waals surface area (Å²) in [5.41, 5.74) is 0.469. The Morgan fingerprint density at radius 3 is 2.80 bits per heavy atom. The molecule has 1 aromatic carbocycles. The summed E-state index contributed by atoms with van der Waals surface area (Å²) in [5, 5.41) is 2.96. The van der Waals surface area contributed by atoms with Crippen LogP contribution in [-0.4, -0.2) is 38.9 Å². The summed E-state index contributed by atoms with van der Waals surface area (Å²) in [6.07, 6.45) is 2.12. The van der Waals surface area contributed by atoms with Gasteiger partial charge in [0.2, 0.25) is 0 Å². The predicted molar refractivity (Wildman–Crippen MR) is 75.4 cm³/mol. The van der Waals surface area contributed by atoms with Crippen molar-refractivity contribution in [3.05, 3.63) is 23.8 Å². The van der Waals surface area contributed by atoms with Gasteiger partial charge in [0.1, 0.15) is 0 Å². The molecule has 2 rings (SSSR count). The molecule has 20 heavy (non-hydrogen) atoms. The molecule has 0 aliphatic carbocycles. The van der Waals surface area contributed by atoms with Gasteiger partial charge in [-0.3, -0.25) is 4.79 Å². The Morgan fingerprint density at radius 1 is 1.40 bits per heavy atom. The van der Waals surface area contributed by atoms with Gasteiger partial charge in [-0.05, 0) is 31.9 Å². The zero-order valence-corrected chi connectivity index (χ0v) is 12.1. The average molecular weight is 279 g/mol. The zero-order chi connectivity index (χ0) is 14.5. The van der Waals surface area contributed by atoms with Crippen LogP contribution in [0.5, 0.6) is 11.5 Å². The minimum atomic E-state index is -0.177. The number of hydrogen-bond acceptors (Lipinski definition) is 4. The minimum absolute atomic E-state index is 0.0269. The summed E-state index contributed by atoms with van der Waals surface area (Å²) in [6, 6.07) is 5.23. The van der Waals surface area contributed by atoms with Crippen LogP contribution >= 0.6 is 0 Å². The van der Waals surface area contributed by atoms with Gasteiger partial charge in [-0.25, -0.2) is 0 Å². The molecule has 1 N–H and O–H groups in total. The third-order valence-electron chi connectivity index (χ3n) is 3.53. The third kappa shape index (κ3) is 3.04.